The Morgan fingerprint density at radius 1 is 1.40 bits per heavy atom. The van der Waals surface area contributed by atoms with Crippen LogP contribution in [-0.4, -0.2) is 24.0 Å². The number of carbonyl (C=O) groups excluding carboxylic acids is 1. The maximum atomic E-state index is 13.8. The van der Waals surface area contributed by atoms with E-state index in [1.54, 1.807) is 6.07 Å². The number of fused-ring (bicyclic) bond motifs is 1. The summed E-state index contributed by atoms with van der Waals surface area (Å²) in [6, 6.07) is 4.37. The van der Waals surface area contributed by atoms with Gasteiger partial charge in [0.15, 0.2) is 5.78 Å². The quantitative estimate of drug-likeness (QED) is 0.859. The number of hydrogen-bond donors (Lipinski definition) is 1. The normalized spacial score (nSPS) is 12.3. The highest BCUT2D eigenvalue weighted by Crippen LogP contribution is 2.32. The van der Waals surface area contributed by atoms with E-state index >= 15 is 0 Å². The molecule has 1 heterocycles. The van der Waals surface area contributed by atoms with E-state index in [0.717, 1.165) is 11.3 Å². The molecule has 6 heteroatoms. The molecule has 0 fully saturated rings. The zero-order chi connectivity index (χ0) is 14.9. The molecule has 0 spiro atoms. The second kappa shape index (κ2) is 5.58. The maximum absolute atomic E-state index is 13.8. The Hall–Kier alpha value is -1.95. The Morgan fingerprint density at radius 3 is 2.70 bits per heavy atom. The third-order valence-electron chi connectivity index (χ3n) is 2.98. The molecule has 0 aliphatic heterocycles. The van der Waals surface area contributed by atoms with Crippen LogP contribution in [-0.2, 0) is 4.79 Å². The largest absolute Gasteiger partial charge is 0.497 e. The molecule has 1 aromatic carbocycles. The Bertz CT molecular complexity index is 677. The fraction of sp³-hybridized carbons (Fsp3) is 0.286. The minimum atomic E-state index is -1.02. The monoisotopic (exact) mass is 296 g/mol. The number of benzene rings is 1. The second-order valence-corrected chi connectivity index (χ2v) is 5.58. The van der Waals surface area contributed by atoms with Crippen LogP contribution in [0, 0.1) is 11.7 Å². The summed E-state index contributed by atoms with van der Waals surface area (Å²) >= 11 is 1.14. The van der Waals surface area contributed by atoms with Crippen molar-refractivity contribution in [2.24, 2.45) is 5.92 Å². The predicted octanol–water partition coefficient (Wildman–Crippen LogP) is 3.34. The number of methoxy groups -OCH3 is 1. The SMILES string of the molecule is COc1cc(F)c2cc(C(=O)C[C@H](C)C(=O)O)sc2c1. The van der Waals surface area contributed by atoms with Crippen LogP contribution in [0.1, 0.15) is 23.0 Å². The Balaban J connectivity index is 2.34. The lowest BCUT2D eigenvalue weighted by molar-refractivity contribution is -0.141. The van der Waals surface area contributed by atoms with E-state index in [-0.39, 0.29) is 12.2 Å². The molecule has 0 saturated heterocycles. The molecule has 0 unspecified atom stereocenters. The molecule has 0 aliphatic carbocycles. The molecule has 106 valence electrons. The smallest absolute Gasteiger partial charge is 0.306 e. The van der Waals surface area contributed by atoms with Crippen LogP contribution >= 0.6 is 11.3 Å². The number of carbonyl (C=O) groups is 2. The summed E-state index contributed by atoms with van der Waals surface area (Å²) in [7, 11) is 1.44. The lowest BCUT2D eigenvalue weighted by atomic mass is 10.0. The number of carboxylic acid groups (broad SMARTS) is 1. The predicted molar refractivity (Wildman–Crippen MR) is 74.1 cm³/mol. The minimum absolute atomic E-state index is 0.0963. The number of ketones is 1. The second-order valence-electron chi connectivity index (χ2n) is 4.50. The molecule has 1 N–H and O–H groups in total. The summed E-state index contributed by atoms with van der Waals surface area (Å²) in [5.41, 5.74) is 0. The molecule has 0 bridgehead atoms. The van der Waals surface area contributed by atoms with E-state index in [1.807, 2.05) is 0 Å². The van der Waals surface area contributed by atoms with Crippen LogP contribution in [0.4, 0.5) is 4.39 Å². The highest BCUT2D eigenvalue weighted by atomic mass is 32.1. The number of thiophene rings is 1. The van der Waals surface area contributed by atoms with E-state index < -0.39 is 17.7 Å². The first-order valence-electron chi connectivity index (χ1n) is 5.95. The fourth-order valence-corrected chi connectivity index (χ4v) is 2.85. The topological polar surface area (TPSA) is 63.6 Å². The average Bonchev–Trinajstić information content (AvgIpc) is 2.82. The molecule has 0 radical (unpaired) electrons. The van der Waals surface area contributed by atoms with Crippen molar-refractivity contribution in [2.75, 3.05) is 7.11 Å². The molecular formula is C14H13FO4S. The number of halogens is 1. The Labute approximate surface area is 118 Å². The van der Waals surface area contributed by atoms with Gasteiger partial charge in [-0.15, -0.1) is 11.3 Å². The first kappa shape index (κ1) is 14.5. The third-order valence-corrected chi connectivity index (χ3v) is 4.11. The van der Waals surface area contributed by atoms with Crippen LogP contribution < -0.4 is 4.74 Å². The average molecular weight is 296 g/mol. The first-order chi connectivity index (χ1) is 9.42. The van der Waals surface area contributed by atoms with E-state index in [2.05, 4.69) is 0 Å². The standard InChI is InChI=1S/C14H13FO4S/c1-7(14(17)18)3-11(16)13-6-9-10(15)4-8(19-2)5-12(9)20-13/h4-7H,3H2,1-2H3,(H,17,18)/t7-/m0/s1. The zero-order valence-electron chi connectivity index (χ0n) is 11.0. The van der Waals surface area contributed by atoms with Crippen molar-refractivity contribution < 1.29 is 23.8 Å². The molecule has 2 rings (SSSR count). The molecule has 1 atom stereocenters. The van der Waals surface area contributed by atoms with Gasteiger partial charge < -0.3 is 9.84 Å². The summed E-state index contributed by atoms with van der Waals surface area (Å²) in [4.78, 5) is 23.1. The van der Waals surface area contributed by atoms with E-state index in [0.29, 0.717) is 20.7 Å². The van der Waals surface area contributed by atoms with Crippen LogP contribution in [0.15, 0.2) is 18.2 Å². The third kappa shape index (κ3) is 2.80. The van der Waals surface area contributed by atoms with Gasteiger partial charge in [0.1, 0.15) is 11.6 Å². The van der Waals surface area contributed by atoms with Gasteiger partial charge in [-0.1, -0.05) is 6.92 Å². The minimum Gasteiger partial charge on any atom is -0.497 e. The Morgan fingerprint density at radius 2 is 2.10 bits per heavy atom. The summed E-state index contributed by atoms with van der Waals surface area (Å²) < 4.78 is 19.4. The van der Waals surface area contributed by atoms with Crippen molar-refractivity contribution in [3.63, 3.8) is 0 Å². The van der Waals surface area contributed by atoms with Crippen molar-refractivity contribution in [1.82, 2.24) is 0 Å². The molecule has 2 aromatic rings. The molecule has 4 nitrogen and oxygen atoms in total. The number of aliphatic carboxylic acids is 1. The number of Topliss-reactive ketones (excluding diaryl/α,β-unsaturated/α-hetero) is 1. The van der Waals surface area contributed by atoms with Crippen LogP contribution in [0.3, 0.4) is 0 Å². The van der Waals surface area contributed by atoms with Crippen LogP contribution in [0.2, 0.25) is 0 Å². The summed E-state index contributed by atoms with van der Waals surface area (Å²) in [5, 5.41) is 9.15. The van der Waals surface area contributed by atoms with Gasteiger partial charge >= 0.3 is 5.97 Å². The number of hydrogen-bond acceptors (Lipinski definition) is 4. The van der Waals surface area contributed by atoms with Crippen molar-refractivity contribution in [2.45, 2.75) is 13.3 Å². The summed E-state index contributed by atoms with van der Waals surface area (Å²) in [6.45, 7) is 1.47. The van der Waals surface area contributed by atoms with E-state index in [4.69, 9.17) is 9.84 Å². The fourth-order valence-electron chi connectivity index (χ4n) is 1.79. The molecule has 1 aromatic heterocycles. The van der Waals surface area contributed by atoms with Gasteiger partial charge in [-0.05, 0) is 12.1 Å². The van der Waals surface area contributed by atoms with Crippen molar-refractivity contribution in [3.8, 4) is 5.75 Å². The summed E-state index contributed by atoms with van der Waals surface area (Å²) in [6.07, 6.45) is -0.0963. The van der Waals surface area contributed by atoms with Gasteiger partial charge in [0.2, 0.25) is 0 Å². The molecule has 0 saturated carbocycles. The zero-order valence-corrected chi connectivity index (χ0v) is 11.8. The van der Waals surface area contributed by atoms with Gasteiger partial charge in [0, 0.05) is 22.6 Å². The molecule has 20 heavy (non-hydrogen) atoms. The van der Waals surface area contributed by atoms with Crippen molar-refractivity contribution in [1.29, 1.82) is 0 Å². The molecule has 0 aliphatic rings. The van der Waals surface area contributed by atoms with Gasteiger partial charge in [-0.25, -0.2) is 4.39 Å². The van der Waals surface area contributed by atoms with Gasteiger partial charge in [-0.2, -0.15) is 0 Å². The van der Waals surface area contributed by atoms with Crippen molar-refractivity contribution >= 4 is 33.2 Å². The van der Waals surface area contributed by atoms with Crippen LogP contribution in [0.5, 0.6) is 5.75 Å². The number of ether oxygens (including phenoxy) is 1. The van der Waals surface area contributed by atoms with Crippen molar-refractivity contribution in [3.05, 3.63) is 28.9 Å². The highest BCUT2D eigenvalue weighted by Gasteiger charge is 2.19. The van der Waals surface area contributed by atoms with Gasteiger partial charge in [-0.3, -0.25) is 9.59 Å². The van der Waals surface area contributed by atoms with E-state index in [1.165, 1.54) is 26.2 Å². The number of rotatable bonds is 5. The Kier molecular flexibility index (Phi) is 4.04. The highest BCUT2D eigenvalue weighted by molar-refractivity contribution is 7.20. The lowest BCUT2D eigenvalue weighted by Crippen LogP contribution is -2.13. The summed E-state index contributed by atoms with van der Waals surface area (Å²) in [5.74, 6) is -2.14. The molecular weight excluding hydrogens is 283 g/mol. The molecule has 0 amide bonds. The van der Waals surface area contributed by atoms with Gasteiger partial charge in [0.25, 0.3) is 0 Å². The number of carboxylic acids is 1. The lowest BCUT2D eigenvalue weighted by Gasteiger charge is -2.02. The van der Waals surface area contributed by atoms with Crippen LogP contribution in [0.25, 0.3) is 10.1 Å². The van der Waals surface area contributed by atoms with Gasteiger partial charge in [0.05, 0.1) is 17.9 Å². The first-order valence-corrected chi connectivity index (χ1v) is 6.77. The van der Waals surface area contributed by atoms with E-state index in [9.17, 15) is 14.0 Å². The maximum Gasteiger partial charge on any atom is 0.306 e.